The Hall–Kier alpha value is -11.5. The third-order valence-corrected chi connectivity index (χ3v) is 19.8. The summed E-state index contributed by atoms with van der Waals surface area (Å²) >= 11 is 0. The maximum absolute atomic E-state index is 2.44. The second-order valence-electron chi connectivity index (χ2n) is 24.8. The van der Waals surface area contributed by atoms with Crippen molar-refractivity contribution in [2.24, 2.45) is 0 Å². The molecule has 90 heavy (non-hydrogen) atoms. The van der Waals surface area contributed by atoms with Crippen LogP contribution in [0.15, 0.2) is 328 Å². The van der Waals surface area contributed by atoms with E-state index >= 15 is 0 Å². The van der Waals surface area contributed by atoms with Crippen LogP contribution in [-0.4, -0.2) is 18.3 Å². The molecule has 0 saturated carbocycles. The van der Waals surface area contributed by atoms with E-state index in [1.54, 1.807) is 0 Å². The molecule has 0 radical (unpaired) electrons. The van der Waals surface area contributed by atoms with Gasteiger partial charge in [0.05, 0.1) is 38.5 Å². The zero-order valence-electron chi connectivity index (χ0n) is 50.0. The molecule has 0 saturated heterocycles. The zero-order chi connectivity index (χ0) is 59.7. The van der Waals surface area contributed by atoms with Gasteiger partial charge >= 0.3 is 0 Å². The molecule has 424 valence electrons. The Kier molecular flexibility index (Phi) is 11.5. The van der Waals surface area contributed by atoms with Gasteiger partial charge in [-0.2, -0.15) is 0 Å². The quantitative estimate of drug-likeness (QED) is 0.152. The Morgan fingerprint density at radius 3 is 1.26 bits per heavy atom. The highest BCUT2D eigenvalue weighted by Crippen LogP contribution is 2.57. The Morgan fingerprint density at radius 1 is 0.244 bits per heavy atom. The van der Waals surface area contributed by atoms with Gasteiger partial charge in [0, 0.05) is 72.9 Å². The molecule has 0 unspecified atom stereocenters. The second-order valence-corrected chi connectivity index (χ2v) is 24.8. The molecule has 4 nitrogen and oxygen atoms in total. The van der Waals surface area contributed by atoms with Crippen LogP contribution in [0.4, 0.5) is 0 Å². The second kappa shape index (κ2) is 20.0. The van der Waals surface area contributed by atoms with Gasteiger partial charge in [0.2, 0.25) is 0 Å². The van der Waals surface area contributed by atoms with Crippen LogP contribution < -0.4 is 0 Å². The maximum Gasteiger partial charge on any atom is 0.0714 e. The van der Waals surface area contributed by atoms with E-state index in [0.717, 1.165) is 11.4 Å². The molecule has 4 heterocycles. The lowest BCUT2D eigenvalue weighted by Gasteiger charge is -2.34. The number of rotatable bonds is 7. The van der Waals surface area contributed by atoms with Crippen LogP contribution in [-0.2, 0) is 10.8 Å². The van der Waals surface area contributed by atoms with Crippen molar-refractivity contribution in [3.8, 4) is 56.1 Å². The zero-order valence-corrected chi connectivity index (χ0v) is 50.0. The molecule has 17 aromatic rings. The highest BCUT2D eigenvalue weighted by atomic mass is 15.0. The van der Waals surface area contributed by atoms with Crippen LogP contribution in [0.2, 0.25) is 0 Å². The molecule has 2 aliphatic carbocycles. The Bertz CT molecular complexity index is 5640. The average Bonchev–Trinajstić information content (AvgIpc) is 1.55. The van der Waals surface area contributed by atoms with Gasteiger partial charge in [-0.1, -0.05) is 238 Å². The predicted molar refractivity (Wildman–Crippen MR) is 376 cm³/mol. The van der Waals surface area contributed by atoms with E-state index in [0.29, 0.717) is 0 Å². The lowest BCUT2D eigenvalue weighted by Crippen LogP contribution is -2.28. The Labute approximate surface area is 522 Å². The van der Waals surface area contributed by atoms with Gasteiger partial charge in [0.15, 0.2) is 0 Å². The molecular weight excluding hydrogens is 1090 g/mol. The Balaban J connectivity index is 0.000000134. The fourth-order valence-electron chi connectivity index (χ4n) is 15.8. The van der Waals surface area contributed by atoms with Gasteiger partial charge in [-0.05, 0) is 158 Å². The number of para-hydroxylation sites is 4. The monoisotopic (exact) mass is 1150 g/mol. The summed E-state index contributed by atoms with van der Waals surface area (Å²) in [5, 5.41) is 7.58. The third-order valence-electron chi connectivity index (χ3n) is 19.8. The van der Waals surface area contributed by atoms with Crippen molar-refractivity contribution >= 4 is 65.4 Å². The number of aromatic nitrogens is 4. The van der Waals surface area contributed by atoms with Crippen molar-refractivity contribution in [2.45, 2.75) is 24.7 Å². The standard InChI is InChI=1S/C45H30N2.C41H30N2/c1-4-14-31(15-5-1)45(32-16-6-2-7-17-32)40-22-12-10-20-35(40)36-25-24-34(30-41(36)45)46-29-28-39-42(46)27-26-38-37-21-11-13-23-43(37)47(44(38)39)33-18-8-3-9-19-33;1-41(2)36-17-8-6-15-31(36)32-20-19-28(26-37(32)41)27-11-10-14-30(25-27)42-24-23-35-38(42)22-21-34-33-16-7-9-18-39(33)43(40(34)35)29-12-4-3-5-13-29/h1-30H;3-26H,1-2H3. The van der Waals surface area contributed by atoms with Crippen molar-refractivity contribution in [1.82, 2.24) is 18.3 Å². The van der Waals surface area contributed by atoms with Crippen molar-refractivity contribution in [1.29, 1.82) is 0 Å². The third kappa shape index (κ3) is 7.55. The fraction of sp³-hybridized carbons (Fsp3) is 0.0465. The molecule has 0 fully saturated rings. The molecule has 0 aliphatic heterocycles. The van der Waals surface area contributed by atoms with E-state index < -0.39 is 5.41 Å². The summed E-state index contributed by atoms with van der Waals surface area (Å²) in [6.45, 7) is 4.69. The van der Waals surface area contributed by atoms with Gasteiger partial charge in [0.25, 0.3) is 0 Å². The number of hydrogen-bond donors (Lipinski definition) is 0. The lowest BCUT2D eigenvalue weighted by atomic mass is 9.67. The van der Waals surface area contributed by atoms with Crippen molar-refractivity contribution in [2.75, 3.05) is 0 Å². The van der Waals surface area contributed by atoms with Crippen molar-refractivity contribution < 1.29 is 0 Å². The summed E-state index contributed by atoms with van der Waals surface area (Å²) in [5.74, 6) is 0. The topological polar surface area (TPSA) is 19.7 Å². The van der Waals surface area contributed by atoms with E-state index in [9.17, 15) is 0 Å². The van der Waals surface area contributed by atoms with Gasteiger partial charge in [-0.3, -0.25) is 0 Å². The number of fused-ring (bicyclic) bond motifs is 16. The summed E-state index contributed by atoms with van der Waals surface area (Å²) in [6.07, 6.45) is 4.46. The summed E-state index contributed by atoms with van der Waals surface area (Å²) in [4.78, 5) is 0. The first-order valence-corrected chi connectivity index (χ1v) is 31.3. The van der Waals surface area contributed by atoms with E-state index in [2.05, 4.69) is 360 Å². The van der Waals surface area contributed by atoms with Crippen molar-refractivity contribution in [3.05, 3.63) is 361 Å². The smallest absolute Gasteiger partial charge is 0.0714 e. The normalized spacial score (nSPS) is 13.4. The SMILES string of the molecule is CC1(C)c2ccccc2-c2ccc(-c3cccc(-n4ccc5c4ccc4c6ccccc6n(-c6ccccc6)c45)c3)cc21.c1ccc(-n2c3ccccc3c3ccc4c(ccn4-c4ccc5c(c4)C(c4ccccc4)(c4ccccc4)c4ccccc4-5)c32)cc1. The molecule has 0 atom stereocenters. The number of nitrogens with zero attached hydrogens (tertiary/aromatic N) is 4. The lowest BCUT2D eigenvalue weighted by molar-refractivity contribution is 0.660. The first-order valence-electron chi connectivity index (χ1n) is 31.3. The minimum absolute atomic E-state index is 0.0151. The molecule has 0 amide bonds. The van der Waals surface area contributed by atoms with Crippen LogP contribution in [0.3, 0.4) is 0 Å². The van der Waals surface area contributed by atoms with Crippen molar-refractivity contribution in [3.63, 3.8) is 0 Å². The van der Waals surface area contributed by atoms with Gasteiger partial charge in [-0.15, -0.1) is 0 Å². The predicted octanol–water partition coefficient (Wildman–Crippen LogP) is 21.8. The first-order chi connectivity index (χ1) is 44.4. The fourth-order valence-corrected chi connectivity index (χ4v) is 15.8. The maximum atomic E-state index is 2.44. The van der Waals surface area contributed by atoms with Crippen LogP contribution in [0.5, 0.6) is 0 Å². The van der Waals surface area contributed by atoms with E-state index in [4.69, 9.17) is 0 Å². The molecule has 13 aromatic carbocycles. The number of hydrogen-bond acceptors (Lipinski definition) is 0. The molecule has 0 bridgehead atoms. The molecular formula is C86H60N4. The van der Waals surface area contributed by atoms with E-state index in [1.807, 2.05) is 0 Å². The number of benzene rings is 13. The molecule has 0 N–H and O–H groups in total. The van der Waals surface area contributed by atoms with Gasteiger partial charge < -0.3 is 18.3 Å². The van der Waals surface area contributed by atoms with Crippen LogP contribution in [0, 0.1) is 0 Å². The van der Waals surface area contributed by atoms with E-state index in [1.165, 1.54) is 144 Å². The molecule has 4 heteroatoms. The van der Waals surface area contributed by atoms with E-state index in [-0.39, 0.29) is 5.41 Å². The van der Waals surface area contributed by atoms with Gasteiger partial charge in [-0.25, -0.2) is 0 Å². The molecule has 0 spiro atoms. The average molecular weight is 1150 g/mol. The summed E-state index contributed by atoms with van der Waals surface area (Å²) < 4.78 is 9.54. The highest BCUT2D eigenvalue weighted by Gasteiger charge is 2.46. The molecule has 19 rings (SSSR count). The molecule has 2 aliphatic rings. The first kappa shape index (κ1) is 51.7. The van der Waals surface area contributed by atoms with Gasteiger partial charge in [0.1, 0.15) is 0 Å². The Morgan fingerprint density at radius 2 is 0.678 bits per heavy atom. The van der Waals surface area contributed by atoms with Crippen LogP contribution in [0.1, 0.15) is 47.2 Å². The largest absolute Gasteiger partial charge is 0.316 e. The minimum Gasteiger partial charge on any atom is -0.316 e. The summed E-state index contributed by atoms with van der Waals surface area (Å²) in [6, 6.07) is 116. The molecule has 4 aromatic heterocycles. The minimum atomic E-state index is -0.430. The van der Waals surface area contributed by atoms with Crippen LogP contribution >= 0.6 is 0 Å². The highest BCUT2D eigenvalue weighted by molar-refractivity contribution is 6.20. The van der Waals surface area contributed by atoms with Crippen LogP contribution in [0.25, 0.3) is 122 Å². The summed E-state index contributed by atoms with van der Waals surface area (Å²) in [5.41, 5.74) is 27.4. The summed E-state index contributed by atoms with van der Waals surface area (Å²) in [7, 11) is 0.